The van der Waals surface area contributed by atoms with Crippen LogP contribution in [-0.4, -0.2) is 26.2 Å². The minimum absolute atomic E-state index is 0.0477. The number of benzene rings is 2. The van der Waals surface area contributed by atoms with Gasteiger partial charge >= 0.3 is 0 Å². The molecule has 0 aliphatic carbocycles. The molecule has 0 unspecified atom stereocenters. The van der Waals surface area contributed by atoms with E-state index in [2.05, 4.69) is 54.5 Å². The summed E-state index contributed by atoms with van der Waals surface area (Å²) in [5, 5.41) is 4.83. The molecule has 2 heterocycles. The molecule has 0 spiro atoms. The Morgan fingerprint density at radius 3 is 2.69 bits per heavy atom. The van der Waals surface area contributed by atoms with Gasteiger partial charge in [-0.3, -0.25) is 9.69 Å². The van der Waals surface area contributed by atoms with Gasteiger partial charge in [0.15, 0.2) is 0 Å². The monoisotopic (exact) mass is 378 g/mol. The first kappa shape index (κ1) is 17.1. The second-order valence-electron chi connectivity index (χ2n) is 6.08. The zero-order valence-corrected chi connectivity index (χ0v) is 16.1. The van der Waals surface area contributed by atoms with Crippen LogP contribution < -0.4 is 5.35 Å². The normalized spacial score (nSPS) is 17.3. The first-order chi connectivity index (χ1) is 12.7. The van der Waals surface area contributed by atoms with E-state index in [0.29, 0.717) is 15.8 Å². The molecule has 1 amide bonds. The Hall–Kier alpha value is -2.37. The highest BCUT2D eigenvalue weighted by Crippen LogP contribution is 2.31. The number of hydrogen-bond donors (Lipinski definition) is 0. The van der Waals surface area contributed by atoms with Gasteiger partial charge in [-0.2, -0.15) is 0 Å². The Balaban J connectivity index is 1.90. The fraction of sp³-hybridized carbons (Fsp3) is 0.143. The predicted molar refractivity (Wildman–Crippen MR) is 115 cm³/mol. The molecule has 3 nitrogen and oxygen atoms in total. The lowest BCUT2D eigenvalue weighted by molar-refractivity contribution is -0.121. The summed E-state index contributed by atoms with van der Waals surface area (Å²) in [6.45, 7) is 7.15. The average molecular weight is 379 g/mol. The maximum atomic E-state index is 12.5. The molecule has 0 N–H and O–H groups in total. The zero-order valence-electron chi connectivity index (χ0n) is 14.4. The van der Waals surface area contributed by atoms with Gasteiger partial charge in [-0.25, -0.2) is 0 Å². The van der Waals surface area contributed by atoms with Crippen LogP contribution >= 0.6 is 24.0 Å². The summed E-state index contributed by atoms with van der Waals surface area (Å²) in [5.74, 6) is -0.0477. The van der Waals surface area contributed by atoms with Crippen molar-refractivity contribution in [2.24, 2.45) is 0 Å². The highest BCUT2D eigenvalue weighted by molar-refractivity contribution is 8.26. The average Bonchev–Trinajstić information content (AvgIpc) is 3.11. The fourth-order valence-electron chi connectivity index (χ4n) is 3.51. The molecule has 130 valence electrons. The van der Waals surface area contributed by atoms with E-state index >= 15 is 0 Å². The van der Waals surface area contributed by atoms with Crippen molar-refractivity contribution >= 4 is 62.0 Å². The van der Waals surface area contributed by atoms with Crippen LogP contribution in [0, 0.1) is 0 Å². The summed E-state index contributed by atoms with van der Waals surface area (Å²) >= 11 is 6.66. The van der Waals surface area contributed by atoms with Gasteiger partial charge in [0.2, 0.25) is 0 Å². The number of amides is 1. The van der Waals surface area contributed by atoms with Gasteiger partial charge < -0.3 is 4.57 Å². The largest absolute Gasteiger partial charge is 0.341 e. The Bertz CT molecular complexity index is 1130. The Morgan fingerprint density at radius 2 is 1.96 bits per heavy atom. The van der Waals surface area contributed by atoms with Crippen molar-refractivity contribution in [2.75, 3.05) is 6.54 Å². The van der Waals surface area contributed by atoms with Gasteiger partial charge in [-0.05, 0) is 30.5 Å². The highest BCUT2D eigenvalue weighted by atomic mass is 32.2. The third-order valence-corrected chi connectivity index (χ3v) is 6.03. The zero-order chi connectivity index (χ0) is 18.3. The Labute approximate surface area is 161 Å². The van der Waals surface area contributed by atoms with Gasteiger partial charge in [-0.1, -0.05) is 60.4 Å². The van der Waals surface area contributed by atoms with E-state index in [1.165, 1.54) is 33.4 Å². The number of thioether (sulfide) groups is 1. The van der Waals surface area contributed by atoms with Crippen molar-refractivity contribution in [1.82, 2.24) is 9.47 Å². The van der Waals surface area contributed by atoms with Crippen LogP contribution in [0.15, 0.2) is 60.0 Å². The molecule has 4 rings (SSSR count). The van der Waals surface area contributed by atoms with E-state index in [9.17, 15) is 4.79 Å². The van der Waals surface area contributed by atoms with Gasteiger partial charge in [0.1, 0.15) is 4.32 Å². The summed E-state index contributed by atoms with van der Waals surface area (Å²) in [5.41, 5.74) is 1.22. The van der Waals surface area contributed by atoms with Crippen LogP contribution in [-0.2, 0) is 11.3 Å². The number of hydrogen-bond acceptors (Lipinski definition) is 3. The fourth-order valence-corrected chi connectivity index (χ4v) is 4.73. The SMILES string of the molecule is C=CCN1C(=O)C(=CC=c2c3cccc4cccc(c43)n2CC)SC1=S. The quantitative estimate of drug-likeness (QED) is 0.386. The number of thiocarbonyl (C=S) groups is 1. The Kier molecular flexibility index (Phi) is 4.42. The molecule has 5 heteroatoms. The molecule has 0 atom stereocenters. The van der Waals surface area contributed by atoms with E-state index in [1.807, 2.05) is 12.2 Å². The van der Waals surface area contributed by atoms with Crippen LogP contribution in [0.1, 0.15) is 6.92 Å². The second-order valence-corrected chi connectivity index (χ2v) is 7.76. The first-order valence-corrected chi connectivity index (χ1v) is 9.74. The Morgan fingerprint density at radius 1 is 1.19 bits per heavy atom. The lowest BCUT2D eigenvalue weighted by atomic mass is 10.1. The van der Waals surface area contributed by atoms with Crippen LogP contribution in [0.4, 0.5) is 0 Å². The third-order valence-electron chi connectivity index (χ3n) is 4.63. The lowest BCUT2D eigenvalue weighted by Gasteiger charge is -2.10. The lowest BCUT2D eigenvalue weighted by Crippen LogP contribution is -2.27. The number of rotatable bonds is 4. The van der Waals surface area contributed by atoms with Gasteiger partial charge in [0.05, 0.1) is 4.91 Å². The molecule has 2 aromatic carbocycles. The van der Waals surface area contributed by atoms with Crippen molar-refractivity contribution < 1.29 is 4.79 Å². The maximum absolute atomic E-state index is 12.5. The van der Waals surface area contributed by atoms with Crippen molar-refractivity contribution in [3.05, 3.63) is 65.4 Å². The maximum Gasteiger partial charge on any atom is 0.266 e. The van der Waals surface area contributed by atoms with Crippen molar-refractivity contribution in [1.29, 1.82) is 0 Å². The number of aromatic nitrogens is 1. The molecule has 0 radical (unpaired) electrons. The number of aryl methyl sites for hydroxylation is 1. The molecule has 26 heavy (non-hydrogen) atoms. The van der Waals surface area contributed by atoms with Crippen molar-refractivity contribution in [3.63, 3.8) is 0 Å². The summed E-state index contributed by atoms with van der Waals surface area (Å²) < 4.78 is 2.88. The van der Waals surface area contributed by atoms with E-state index in [-0.39, 0.29) is 5.91 Å². The number of carbonyl (C=O) groups excluding carboxylic acids is 1. The summed E-state index contributed by atoms with van der Waals surface area (Å²) in [7, 11) is 0. The van der Waals surface area contributed by atoms with Gasteiger partial charge in [0, 0.05) is 34.7 Å². The smallest absolute Gasteiger partial charge is 0.266 e. The van der Waals surface area contributed by atoms with E-state index < -0.39 is 0 Å². The minimum atomic E-state index is -0.0477. The van der Waals surface area contributed by atoms with Crippen LogP contribution in [0.25, 0.3) is 27.8 Å². The van der Waals surface area contributed by atoms with Crippen LogP contribution in [0.5, 0.6) is 0 Å². The number of carbonyl (C=O) groups is 1. The van der Waals surface area contributed by atoms with E-state index in [1.54, 1.807) is 11.0 Å². The van der Waals surface area contributed by atoms with E-state index in [4.69, 9.17) is 12.2 Å². The standard InChI is InChI=1S/C21H18N2OS2/c1-3-13-23-20(24)18(26-21(23)25)12-11-16-15-9-5-7-14-8-6-10-17(19(14)15)22(16)4-2/h3,5-12H,1,4,13H2,2H3. The van der Waals surface area contributed by atoms with Crippen molar-refractivity contribution in [3.8, 4) is 0 Å². The molecule has 1 aromatic heterocycles. The summed E-state index contributed by atoms with van der Waals surface area (Å²) in [6.07, 6.45) is 5.63. The molecule has 1 saturated heterocycles. The minimum Gasteiger partial charge on any atom is -0.341 e. The molecule has 0 bridgehead atoms. The third kappa shape index (κ3) is 2.59. The molecule has 1 aliphatic heterocycles. The topological polar surface area (TPSA) is 25.2 Å². The molecule has 3 aromatic rings. The van der Waals surface area contributed by atoms with Gasteiger partial charge in [-0.15, -0.1) is 6.58 Å². The second kappa shape index (κ2) is 6.74. The van der Waals surface area contributed by atoms with E-state index in [0.717, 1.165) is 11.9 Å². The molecule has 1 aliphatic rings. The summed E-state index contributed by atoms with van der Waals surface area (Å²) in [6, 6.07) is 12.7. The van der Waals surface area contributed by atoms with Gasteiger partial charge in [0.25, 0.3) is 5.91 Å². The van der Waals surface area contributed by atoms with Crippen molar-refractivity contribution in [2.45, 2.75) is 13.5 Å². The molecule has 0 saturated carbocycles. The highest BCUT2D eigenvalue weighted by Gasteiger charge is 2.30. The summed E-state index contributed by atoms with van der Waals surface area (Å²) in [4.78, 5) is 14.8. The predicted octanol–water partition coefficient (Wildman–Crippen LogP) is 4.24. The molecule has 1 fully saturated rings. The number of nitrogens with zero attached hydrogens (tertiary/aromatic N) is 2. The first-order valence-electron chi connectivity index (χ1n) is 8.52. The van der Waals surface area contributed by atoms with Crippen LogP contribution in [0.3, 0.4) is 0 Å². The van der Waals surface area contributed by atoms with Crippen LogP contribution in [0.2, 0.25) is 0 Å². The number of allylic oxidation sites excluding steroid dienone is 1. The molecular weight excluding hydrogens is 360 g/mol. The molecular formula is C21H18N2OS2.